The number of hydrogen-bond donors (Lipinski definition) is 3. The van der Waals surface area contributed by atoms with E-state index in [1.807, 2.05) is 18.2 Å². The number of unbranched alkanes of at least 4 members (excludes halogenated alkanes) is 1. The van der Waals surface area contributed by atoms with Gasteiger partial charge in [0.25, 0.3) is 0 Å². The molecule has 1 aliphatic carbocycles. The Hall–Kier alpha value is -1.88. The topological polar surface area (TPSA) is 69.8 Å². The Labute approximate surface area is 142 Å². The Bertz CT molecular complexity index is 745. The number of carbonyl (C=O) groups is 1. The number of carbonyl (C=O) groups excluding carboxylic acids is 1. The highest BCUT2D eigenvalue weighted by molar-refractivity contribution is 5.96. The van der Waals surface area contributed by atoms with Crippen molar-refractivity contribution in [2.45, 2.75) is 45.4 Å². The largest absolute Gasteiger partial charge is 0.342 e. The van der Waals surface area contributed by atoms with Crippen LogP contribution < -0.4 is 10.6 Å². The van der Waals surface area contributed by atoms with E-state index in [0.29, 0.717) is 0 Å². The van der Waals surface area contributed by atoms with E-state index in [2.05, 4.69) is 27.5 Å². The molecule has 1 unspecified atom stereocenters. The first kappa shape index (κ1) is 15.6. The summed E-state index contributed by atoms with van der Waals surface area (Å²) in [7, 11) is 0. The van der Waals surface area contributed by atoms with Crippen molar-refractivity contribution >= 4 is 22.6 Å². The van der Waals surface area contributed by atoms with Gasteiger partial charge in [0, 0.05) is 18.0 Å². The summed E-state index contributed by atoms with van der Waals surface area (Å²) in [5.74, 6) is 1.41. The molecule has 1 saturated heterocycles. The number of nitrogens with one attached hydrogen (secondary N) is 3. The number of piperidine rings is 1. The molecule has 3 N–H and O–H groups in total. The second-order valence-corrected chi connectivity index (χ2v) is 7.38. The average molecular weight is 326 g/mol. The average Bonchev–Trinajstić information content (AvgIpc) is 3.12. The lowest BCUT2D eigenvalue weighted by Gasteiger charge is -2.23. The van der Waals surface area contributed by atoms with E-state index in [0.717, 1.165) is 74.2 Å². The van der Waals surface area contributed by atoms with Crippen LogP contribution in [0.3, 0.4) is 0 Å². The maximum Gasteiger partial charge on any atom is 0.228 e. The first-order chi connectivity index (χ1) is 11.7. The van der Waals surface area contributed by atoms with Crippen molar-refractivity contribution < 1.29 is 4.79 Å². The Morgan fingerprint density at radius 2 is 2.21 bits per heavy atom. The molecule has 1 atom stereocenters. The molecule has 2 heterocycles. The van der Waals surface area contributed by atoms with E-state index in [9.17, 15) is 4.79 Å². The standard InChI is InChI=1S/C19H26N4O/c1-2-3-4-17-22-15-6-5-13(11-16(15)23-17)21-18(24)14-12-19(14)7-9-20-10-8-19/h5-6,11,14,20H,2-4,7-10,12H2,1H3,(H,21,24)(H,22,23). The highest BCUT2D eigenvalue weighted by Gasteiger charge is 2.57. The van der Waals surface area contributed by atoms with Crippen LogP contribution in [0.25, 0.3) is 11.0 Å². The number of benzene rings is 1. The fraction of sp³-hybridized carbons (Fsp3) is 0.579. The number of aromatic amines is 1. The summed E-state index contributed by atoms with van der Waals surface area (Å²) >= 11 is 0. The third-order valence-electron chi connectivity index (χ3n) is 5.67. The molecule has 1 saturated carbocycles. The number of aromatic nitrogens is 2. The Morgan fingerprint density at radius 3 is 3.00 bits per heavy atom. The van der Waals surface area contributed by atoms with Gasteiger partial charge in [-0.2, -0.15) is 0 Å². The normalized spacial score (nSPS) is 22.0. The van der Waals surface area contributed by atoms with Gasteiger partial charge in [-0.3, -0.25) is 4.79 Å². The zero-order chi connectivity index (χ0) is 16.6. The van der Waals surface area contributed by atoms with Crippen LogP contribution >= 0.6 is 0 Å². The van der Waals surface area contributed by atoms with Crippen LogP contribution in [0.4, 0.5) is 5.69 Å². The summed E-state index contributed by atoms with van der Waals surface area (Å²) in [6, 6.07) is 5.96. The van der Waals surface area contributed by atoms with Crippen LogP contribution in [0.15, 0.2) is 18.2 Å². The van der Waals surface area contributed by atoms with Crippen molar-refractivity contribution in [1.82, 2.24) is 15.3 Å². The third kappa shape index (κ3) is 2.93. The van der Waals surface area contributed by atoms with Crippen molar-refractivity contribution in [2.75, 3.05) is 18.4 Å². The predicted octanol–water partition coefficient (Wildman–Crippen LogP) is 3.23. The van der Waals surface area contributed by atoms with Gasteiger partial charge in [0.15, 0.2) is 0 Å². The first-order valence-corrected chi connectivity index (χ1v) is 9.20. The van der Waals surface area contributed by atoms with Crippen LogP contribution in [0.5, 0.6) is 0 Å². The Balaban J connectivity index is 1.43. The van der Waals surface area contributed by atoms with Crippen LogP contribution in [0, 0.1) is 11.3 Å². The molecule has 2 aliphatic rings. The number of anilines is 1. The number of amides is 1. The maximum atomic E-state index is 12.6. The molecule has 1 aromatic heterocycles. The van der Waals surface area contributed by atoms with Gasteiger partial charge in [0.05, 0.1) is 11.0 Å². The van der Waals surface area contributed by atoms with Crippen LogP contribution in [0.2, 0.25) is 0 Å². The molecule has 4 rings (SSSR count). The second-order valence-electron chi connectivity index (χ2n) is 7.38. The smallest absolute Gasteiger partial charge is 0.228 e. The molecular formula is C19H26N4O. The van der Waals surface area contributed by atoms with E-state index in [1.165, 1.54) is 0 Å². The van der Waals surface area contributed by atoms with Crippen molar-refractivity contribution in [3.63, 3.8) is 0 Å². The molecule has 5 heteroatoms. The SMILES string of the molecule is CCCCc1nc2ccc(NC(=O)C3CC34CCNCC4)cc2[nH]1. The molecule has 2 fully saturated rings. The van der Waals surface area contributed by atoms with Gasteiger partial charge < -0.3 is 15.6 Å². The molecule has 0 radical (unpaired) electrons. The Kier molecular flexibility index (Phi) is 4.04. The second kappa shape index (κ2) is 6.20. The van der Waals surface area contributed by atoms with E-state index >= 15 is 0 Å². The number of fused-ring (bicyclic) bond motifs is 1. The fourth-order valence-corrected chi connectivity index (χ4v) is 4.03. The van der Waals surface area contributed by atoms with E-state index in [1.54, 1.807) is 0 Å². The van der Waals surface area contributed by atoms with E-state index in [4.69, 9.17) is 0 Å². The number of aryl methyl sites for hydroxylation is 1. The first-order valence-electron chi connectivity index (χ1n) is 9.20. The van der Waals surface area contributed by atoms with Crippen molar-refractivity contribution in [2.24, 2.45) is 11.3 Å². The summed E-state index contributed by atoms with van der Waals surface area (Å²) in [6.07, 6.45) is 6.59. The summed E-state index contributed by atoms with van der Waals surface area (Å²) in [4.78, 5) is 20.6. The molecular weight excluding hydrogens is 300 g/mol. The van der Waals surface area contributed by atoms with Gasteiger partial charge in [-0.25, -0.2) is 4.98 Å². The minimum atomic E-state index is 0.182. The molecule has 2 aromatic rings. The lowest BCUT2D eigenvalue weighted by Crippen LogP contribution is -2.31. The maximum absolute atomic E-state index is 12.6. The molecule has 1 aromatic carbocycles. The Morgan fingerprint density at radius 1 is 1.38 bits per heavy atom. The zero-order valence-electron chi connectivity index (χ0n) is 14.3. The molecule has 1 amide bonds. The number of hydrogen-bond acceptors (Lipinski definition) is 3. The summed E-state index contributed by atoms with van der Waals surface area (Å²) in [5, 5.41) is 6.50. The lowest BCUT2D eigenvalue weighted by molar-refractivity contribution is -0.118. The van der Waals surface area contributed by atoms with Crippen molar-refractivity contribution in [3.05, 3.63) is 24.0 Å². The third-order valence-corrected chi connectivity index (χ3v) is 5.67. The highest BCUT2D eigenvalue weighted by atomic mass is 16.2. The minimum absolute atomic E-state index is 0.182. The quantitative estimate of drug-likeness (QED) is 0.790. The summed E-state index contributed by atoms with van der Waals surface area (Å²) < 4.78 is 0. The lowest BCUT2D eigenvalue weighted by atomic mass is 9.92. The van der Waals surface area contributed by atoms with Crippen molar-refractivity contribution in [3.8, 4) is 0 Å². The number of H-pyrrole nitrogens is 1. The van der Waals surface area contributed by atoms with Gasteiger partial charge in [-0.1, -0.05) is 13.3 Å². The van der Waals surface area contributed by atoms with Crippen molar-refractivity contribution in [1.29, 1.82) is 0 Å². The molecule has 128 valence electrons. The van der Waals surface area contributed by atoms with Gasteiger partial charge in [-0.15, -0.1) is 0 Å². The van der Waals surface area contributed by atoms with Crippen LogP contribution in [0.1, 0.15) is 44.9 Å². The molecule has 24 heavy (non-hydrogen) atoms. The molecule has 1 aliphatic heterocycles. The van der Waals surface area contributed by atoms with Gasteiger partial charge in [0.2, 0.25) is 5.91 Å². The number of nitrogens with zero attached hydrogens (tertiary/aromatic N) is 1. The summed E-state index contributed by atoms with van der Waals surface area (Å²) in [5.41, 5.74) is 3.13. The zero-order valence-corrected chi connectivity index (χ0v) is 14.3. The predicted molar refractivity (Wildman–Crippen MR) is 96.0 cm³/mol. The van der Waals surface area contributed by atoms with Crippen LogP contribution in [-0.2, 0) is 11.2 Å². The summed E-state index contributed by atoms with van der Waals surface area (Å²) in [6.45, 7) is 4.28. The monoisotopic (exact) mass is 326 g/mol. The number of imidazole rings is 1. The minimum Gasteiger partial charge on any atom is -0.342 e. The highest BCUT2D eigenvalue weighted by Crippen LogP contribution is 2.58. The van der Waals surface area contributed by atoms with E-state index < -0.39 is 0 Å². The van der Waals surface area contributed by atoms with Gasteiger partial charge >= 0.3 is 0 Å². The molecule has 5 nitrogen and oxygen atoms in total. The number of rotatable bonds is 5. The van der Waals surface area contributed by atoms with Gasteiger partial charge in [0.1, 0.15) is 5.82 Å². The molecule has 1 spiro atoms. The fourth-order valence-electron chi connectivity index (χ4n) is 4.03. The van der Waals surface area contributed by atoms with Crippen LogP contribution in [-0.4, -0.2) is 29.0 Å². The molecule has 0 bridgehead atoms. The van der Waals surface area contributed by atoms with Gasteiger partial charge in [-0.05, 0) is 62.4 Å². The van der Waals surface area contributed by atoms with E-state index in [-0.39, 0.29) is 17.2 Å².